The van der Waals surface area contributed by atoms with E-state index in [0.717, 1.165) is 25.7 Å². The van der Waals surface area contributed by atoms with Gasteiger partial charge in [0.1, 0.15) is 11.6 Å². The van der Waals surface area contributed by atoms with Crippen molar-refractivity contribution in [1.82, 2.24) is 9.78 Å². The number of rotatable bonds is 8. The third-order valence-electron chi connectivity index (χ3n) is 4.38. The molecule has 3 rings (SSSR count). The summed E-state index contributed by atoms with van der Waals surface area (Å²) in [5.41, 5.74) is -0.0801. The molecule has 2 aromatic rings. The van der Waals surface area contributed by atoms with Crippen molar-refractivity contribution in [2.75, 3.05) is 18.5 Å². The third kappa shape index (κ3) is 5.06. The predicted octanol–water partition coefficient (Wildman–Crippen LogP) is 2.47. The van der Waals surface area contributed by atoms with Gasteiger partial charge >= 0.3 is 5.97 Å². The van der Waals surface area contributed by atoms with Gasteiger partial charge in [-0.1, -0.05) is 12.8 Å². The zero-order chi connectivity index (χ0) is 19.9. The largest absolute Gasteiger partial charge is 0.482 e. The Morgan fingerprint density at radius 3 is 2.57 bits per heavy atom. The molecule has 10 nitrogen and oxygen atoms in total. The van der Waals surface area contributed by atoms with E-state index in [9.17, 15) is 19.7 Å². The Morgan fingerprint density at radius 2 is 1.89 bits per heavy atom. The number of amides is 1. The summed E-state index contributed by atoms with van der Waals surface area (Å²) in [6.07, 6.45) is 5.96. The van der Waals surface area contributed by atoms with Crippen molar-refractivity contribution in [2.24, 2.45) is 0 Å². The molecule has 1 heterocycles. The van der Waals surface area contributed by atoms with Crippen molar-refractivity contribution < 1.29 is 24.0 Å². The first-order chi connectivity index (χ1) is 13.5. The van der Waals surface area contributed by atoms with E-state index in [0.29, 0.717) is 5.82 Å². The fraction of sp³-hybridized carbons (Fsp3) is 0.389. The van der Waals surface area contributed by atoms with E-state index in [1.54, 1.807) is 16.9 Å². The van der Waals surface area contributed by atoms with E-state index in [4.69, 9.17) is 9.47 Å². The quantitative estimate of drug-likeness (QED) is 0.418. The fourth-order valence-electron chi connectivity index (χ4n) is 3.03. The van der Waals surface area contributed by atoms with Crippen molar-refractivity contribution in [1.29, 1.82) is 0 Å². The Morgan fingerprint density at radius 1 is 1.18 bits per heavy atom. The zero-order valence-corrected chi connectivity index (χ0v) is 15.1. The van der Waals surface area contributed by atoms with Crippen LogP contribution in [-0.2, 0) is 14.3 Å². The maximum Gasteiger partial charge on any atom is 0.344 e. The van der Waals surface area contributed by atoms with Crippen molar-refractivity contribution >= 4 is 23.4 Å². The van der Waals surface area contributed by atoms with Crippen LogP contribution in [0.4, 0.5) is 11.5 Å². The topological polar surface area (TPSA) is 126 Å². The van der Waals surface area contributed by atoms with E-state index in [2.05, 4.69) is 10.4 Å². The zero-order valence-electron chi connectivity index (χ0n) is 15.1. The van der Waals surface area contributed by atoms with Gasteiger partial charge in [0.25, 0.3) is 11.6 Å². The van der Waals surface area contributed by atoms with Crippen LogP contribution < -0.4 is 10.1 Å². The first-order valence-corrected chi connectivity index (χ1v) is 8.89. The van der Waals surface area contributed by atoms with Crippen LogP contribution in [0.15, 0.2) is 36.5 Å². The molecule has 1 fully saturated rings. The monoisotopic (exact) mass is 388 g/mol. The van der Waals surface area contributed by atoms with Gasteiger partial charge in [-0.05, 0) is 25.0 Å². The number of nitrogens with one attached hydrogen (secondary N) is 1. The Kier molecular flexibility index (Phi) is 6.20. The minimum absolute atomic E-state index is 0.0801. The molecule has 28 heavy (non-hydrogen) atoms. The molecule has 0 atom stereocenters. The highest BCUT2D eigenvalue weighted by Gasteiger charge is 2.20. The van der Waals surface area contributed by atoms with Crippen LogP contribution in [0.25, 0.3) is 0 Å². The number of nitrogens with zero attached hydrogens (tertiary/aromatic N) is 3. The highest BCUT2D eigenvalue weighted by Crippen LogP contribution is 2.31. The number of hydrogen-bond donors (Lipinski definition) is 1. The van der Waals surface area contributed by atoms with Crippen molar-refractivity contribution in [2.45, 2.75) is 31.7 Å². The number of aromatic nitrogens is 2. The molecular weight excluding hydrogens is 368 g/mol. The number of hydrogen-bond acceptors (Lipinski definition) is 7. The summed E-state index contributed by atoms with van der Waals surface area (Å²) in [6.45, 7) is -0.858. The number of esters is 1. The summed E-state index contributed by atoms with van der Waals surface area (Å²) in [5, 5.41) is 17.5. The second-order valence-corrected chi connectivity index (χ2v) is 6.35. The second-order valence-electron chi connectivity index (χ2n) is 6.35. The average molecular weight is 388 g/mol. The van der Waals surface area contributed by atoms with Gasteiger partial charge in [0.05, 0.1) is 17.2 Å². The maximum atomic E-state index is 12.0. The molecule has 0 bridgehead atoms. The second kappa shape index (κ2) is 8.98. The molecule has 1 aromatic heterocycles. The molecule has 1 aliphatic rings. The Labute approximate surface area is 160 Å². The van der Waals surface area contributed by atoms with Crippen LogP contribution in [0.5, 0.6) is 5.75 Å². The lowest BCUT2D eigenvalue weighted by atomic mass is 10.2. The third-order valence-corrected chi connectivity index (χ3v) is 4.38. The minimum Gasteiger partial charge on any atom is -0.482 e. The first-order valence-electron chi connectivity index (χ1n) is 8.89. The van der Waals surface area contributed by atoms with Gasteiger partial charge in [-0.3, -0.25) is 14.9 Å². The molecule has 1 aliphatic carbocycles. The average Bonchev–Trinajstić information content (AvgIpc) is 3.36. The molecule has 0 spiro atoms. The van der Waals surface area contributed by atoms with Crippen LogP contribution >= 0.6 is 0 Å². The number of benzene rings is 1. The minimum atomic E-state index is -0.724. The molecule has 1 amide bonds. The van der Waals surface area contributed by atoms with Crippen molar-refractivity contribution in [3.63, 3.8) is 0 Å². The van der Waals surface area contributed by atoms with E-state index < -0.39 is 30.0 Å². The Bertz CT molecular complexity index is 842. The van der Waals surface area contributed by atoms with E-state index in [1.165, 1.54) is 24.3 Å². The molecule has 0 aliphatic heterocycles. The number of anilines is 1. The van der Waals surface area contributed by atoms with E-state index in [-0.39, 0.29) is 17.5 Å². The standard InChI is InChI=1S/C18H20N4O6/c23-17(20-16-9-10-19-21(16)13-3-1-2-4-13)11-28-18(24)12-27-15-7-5-14(6-8-15)22(25)26/h5-10,13H,1-4,11-12H2,(H,20,23). The summed E-state index contributed by atoms with van der Waals surface area (Å²) < 4.78 is 11.9. The van der Waals surface area contributed by atoms with Gasteiger partial charge in [-0.15, -0.1) is 0 Å². The number of ether oxygens (including phenoxy) is 2. The first kappa shape index (κ1) is 19.3. The molecule has 10 heteroatoms. The molecule has 0 saturated heterocycles. The van der Waals surface area contributed by atoms with Crippen LogP contribution in [0.3, 0.4) is 0 Å². The maximum absolute atomic E-state index is 12.0. The van der Waals surface area contributed by atoms with Gasteiger partial charge in [-0.25, -0.2) is 9.48 Å². The van der Waals surface area contributed by atoms with Crippen LogP contribution in [0.1, 0.15) is 31.7 Å². The summed E-state index contributed by atoms with van der Waals surface area (Å²) >= 11 is 0. The number of non-ortho nitro benzene ring substituents is 1. The summed E-state index contributed by atoms with van der Waals surface area (Å²) in [6, 6.07) is 7.27. The van der Waals surface area contributed by atoms with E-state index >= 15 is 0 Å². The van der Waals surface area contributed by atoms with Gasteiger partial charge in [0, 0.05) is 18.2 Å². The number of carbonyl (C=O) groups is 2. The molecule has 1 N–H and O–H groups in total. The summed E-state index contributed by atoms with van der Waals surface area (Å²) in [4.78, 5) is 33.8. The predicted molar refractivity (Wildman–Crippen MR) is 97.9 cm³/mol. The lowest BCUT2D eigenvalue weighted by Gasteiger charge is -2.14. The number of nitro benzene ring substituents is 1. The fourth-order valence-corrected chi connectivity index (χ4v) is 3.03. The highest BCUT2D eigenvalue weighted by atomic mass is 16.6. The molecule has 0 unspecified atom stereocenters. The smallest absolute Gasteiger partial charge is 0.344 e. The van der Waals surface area contributed by atoms with Gasteiger partial charge in [0.15, 0.2) is 13.2 Å². The number of nitro groups is 1. The summed E-state index contributed by atoms with van der Waals surface area (Å²) in [7, 11) is 0. The van der Waals surface area contributed by atoms with Crippen LogP contribution in [-0.4, -0.2) is 39.8 Å². The summed E-state index contributed by atoms with van der Waals surface area (Å²) in [5.74, 6) is -0.330. The molecule has 0 radical (unpaired) electrons. The van der Waals surface area contributed by atoms with Gasteiger partial charge in [0.2, 0.25) is 0 Å². The normalized spacial score (nSPS) is 13.9. The van der Waals surface area contributed by atoms with Crippen LogP contribution in [0, 0.1) is 10.1 Å². The Hall–Kier alpha value is -3.43. The highest BCUT2D eigenvalue weighted by molar-refractivity contribution is 5.92. The van der Waals surface area contributed by atoms with Crippen molar-refractivity contribution in [3.05, 3.63) is 46.6 Å². The SMILES string of the molecule is O=C(COC(=O)COc1ccc([N+](=O)[O-])cc1)Nc1ccnn1C1CCCC1. The molecular formula is C18H20N4O6. The number of carbonyl (C=O) groups excluding carboxylic acids is 2. The van der Waals surface area contributed by atoms with Crippen LogP contribution in [0.2, 0.25) is 0 Å². The molecule has 1 saturated carbocycles. The van der Waals surface area contributed by atoms with Gasteiger partial charge < -0.3 is 14.8 Å². The Balaban J connectivity index is 1.41. The molecule has 148 valence electrons. The van der Waals surface area contributed by atoms with E-state index in [1.807, 2.05) is 0 Å². The lowest BCUT2D eigenvalue weighted by Crippen LogP contribution is -2.25. The molecule has 1 aromatic carbocycles. The lowest BCUT2D eigenvalue weighted by molar-refractivity contribution is -0.384. The van der Waals surface area contributed by atoms with Crippen molar-refractivity contribution in [3.8, 4) is 5.75 Å². The van der Waals surface area contributed by atoms with Gasteiger partial charge in [-0.2, -0.15) is 5.10 Å².